The molecule has 0 saturated heterocycles. The van der Waals surface area contributed by atoms with Crippen molar-refractivity contribution in [3.05, 3.63) is 35.1 Å². The highest BCUT2D eigenvalue weighted by molar-refractivity contribution is 7.98. The number of nitrogens with two attached hydrogens (primary N) is 1. The van der Waals surface area contributed by atoms with Crippen LogP contribution in [0.5, 0.6) is 0 Å². The molecule has 17 heavy (non-hydrogen) atoms. The number of hydrogen-bond acceptors (Lipinski definition) is 3. The van der Waals surface area contributed by atoms with E-state index >= 15 is 0 Å². The van der Waals surface area contributed by atoms with Crippen molar-refractivity contribution in [2.45, 2.75) is 13.0 Å². The predicted molar refractivity (Wildman–Crippen MR) is 73.9 cm³/mol. The second-order valence-electron chi connectivity index (χ2n) is 4.25. The van der Waals surface area contributed by atoms with E-state index in [1.165, 1.54) is 6.07 Å². The van der Waals surface area contributed by atoms with Gasteiger partial charge in [0.05, 0.1) is 0 Å². The first kappa shape index (κ1) is 14.5. The molecular weight excluding hydrogens is 235 g/mol. The standard InChI is InChI=1S/C13H21FN2S/c1-10-4-5-12(14)11(8-10)13(9-15)16(2)6-7-17-3/h4-5,8,13H,6-7,9,15H2,1-3H3. The lowest BCUT2D eigenvalue weighted by Crippen LogP contribution is -2.32. The monoisotopic (exact) mass is 256 g/mol. The minimum atomic E-state index is -0.165. The fourth-order valence-electron chi connectivity index (χ4n) is 1.85. The van der Waals surface area contributed by atoms with E-state index in [2.05, 4.69) is 11.2 Å². The molecule has 0 aromatic heterocycles. The lowest BCUT2D eigenvalue weighted by atomic mass is 10.0. The molecule has 0 heterocycles. The topological polar surface area (TPSA) is 29.3 Å². The number of rotatable bonds is 6. The van der Waals surface area contributed by atoms with E-state index in [1.807, 2.05) is 20.0 Å². The normalized spacial score (nSPS) is 13.1. The van der Waals surface area contributed by atoms with Gasteiger partial charge in [-0.2, -0.15) is 11.8 Å². The maximum absolute atomic E-state index is 13.8. The van der Waals surface area contributed by atoms with Crippen molar-refractivity contribution < 1.29 is 4.39 Å². The van der Waals surface area contributed by atoms with E-state index in [9.17, 15) is 4.39 Å². The molecule has 2 N–H and O–H groups in total. The van der Waals surface area contributed by atoms with Crippen LogP contribution >= 0.6 is 11.8 Å². The SMILES string of the molecule is CSCCN(C)C(CN)c1cc(C)ccc1F. The Morgan fingerprint density at radius 2 is 2.18 bits per heavy atom. The molecule has 0 aliphatic carbocycles. The smallest absolute Gasteiger partial charge is 0.128 e. The summed E-state index contributed by atoms with van der Waals surface area (Å²) < 4.78 is 13.8. The highest BCUT2D eigenvalue weighted by Gasteiger charge is 2.18. The van der Waals surface area contributed by atoms with Gasteiger partial charge in [0.2, 0.25) is 0 Å². The molecule has 0 spiro atoms. The van der Waals surface area contributed by atoms with Crippen molar-refractivity contribution in [3.63, 3.8) is 0 Å². The van der Waals surface area contributed by atoms with Gasteiger partial charge in [0.1, 0.15) is 5.82 Å². The number of hydrogen-bond donors (Lipinski definition) is 1. The molecule has 0 aliphatic heterocycles. The highest BCUT2D eigenvalue weighted by Crippen LogP contribution is 2.22. The van der Waals surface area contributed by atoms with Crippen molar-refractivity contribution in [3.8, 4) is 0 Å². The zero-order valence-corrected chi connectivity index (χ0v) is 11.6. The number of benzene rings is 1. The third-order valence-electron chi connectivity index (χ3n) is 2.91. The molecule has 1 unspecified atom stereocenters. The van der Waals surface area contributed by atoms with Crippen LogP contribution in [0, 0.1) is 12.7 Å². The third-order valence-corrected chi connectivity index (χ3v) is 3.50. The van der Waals surface area contributed by atoms with Crippen LogP contribution in [0.2, 0.25) is 0 Å². The number of halogens is 1. The van der Waals surface area contributed by atoms with Gasteiger partial charge in [-0.05, 0) is 26.3 Å². The predicted octanol–water partition coefficient (Wildman–Crippen LogP) is 2.43. The quantitative estimate of drug-likeness (QED) is 0.847. The molecule has 1 aromatic rings. The van der Waals surface area contributed by atoms with Crippen LogP contribution in [0.1, 0.15) is 17.2 Å². The molecule has 0 aliphatic rings. The Morgan fingerprint density at radius 3 is 2.76 bits per heavy atom. The van der Waals surface area contributed by atoms with Gasteiger partial charge in [0.15, 0.2) is 0 Å². The highest BCUT2D eigenvalue weighted by atomic mass is 32.2. The maximum Gasteiger partial charge on any atom is 0.128 e. The lowest BCUT2D eigenvalue weighted by Gasteiger charge is -2.27. The van der Waals surface area contributed by atoms with Crippen LogP contribution in [-0.2, 0) is 0 Å². The van der Waals surface area contributed by atoms with E-state index in [4.69, 9.17) is 5.73 Å². The fraction of sp³-hybridized carbons (Fsp3) is 0.538. The zero-order valence-electron chi connectivity index (χ0n) is 10.7. The molecule has 0 saturated carbocycles. The van der Waals surface area contributed by atoms with Crippen molar-refractivity contribution in [2.24, 2.45) is 5.73 Å². The van der Waals surface area contributed by atoms with Gasteiger partial charge in [-0.1, -0.05) is 17.7 Å². The molecule has 1 aromatic carbocycles. The van der Waals surface area contributed by atoms with Gasteiger partial charge in [-0.25, -0.2) is 4.39 Å². The zero-order chi connectivity index (χ0) is 12.8. The van der Waals surface area contributed by atoms with Gasteiger partial charge in [-0.3, -0.25) is 4.90 Å². The first-order valence-electron chi connectivity index (χ1n) is 5.75. The van der Waals surface area contributed by atoms with E-state index in [0.29, 0.717) is 12.1 Å². The Morgan fingerprint density at radius 1 is 1.47 bits per heavy atom. The number of thioether (sulfide) groups is 1. The van der Waals surface area contributed by atoms with Crippen LogP contribution in [0.25, 0.3) is 0 Å². The number of aryl methyl sites for hydroxylation is 1. The van der Waals surface area contributed by atoms with E-state index < -0.39 is 0 Å². The van der Waals surface area contributed by atoms with Gasteiger partial charge in [0, 0.05) is 30.4 Å². The van der Waals surface area contributed by atoms with Crippen molar-refractivity contribution in [2.75, 3.05) is 32.1 Å². The first-order chi connectivity index (χ1) is 8.10. The summed E-state index contributed by atoms with van der Waals surface area (Å²) >= 11 is 1.78. The second-order valence-corrected chi connectivity index (χ2v) is 5.24. The number of nitrogens with zero attached hydrogens (tertiary/aromatic N) is 1. The average molecular weight is 256 g/mol. The number of likely N-dealkylation sites (N-methyl/N-ethyl adjacent to an activating group) is 1. The van der Waals surface area contributed by atoms with Crippen molar-refractivity contribution in [1.29, 1.82) is 0 Å². The fourth-order valence-corrected chi connectivity index (χ4v) is 2.32. The lowest BCUT2D eigenvalue weighted by molar-refractivity contribution is 0.260. The van der Waals surface area contributed by atoms with Crippen LogP contribution in [0.4, 0.5) is 4.39 Å². The molecular formula is C13H21FN2S. The van der Waals surface area contributed by atoms with Crippen LogP contribution in [0.3, 0.4) is 0 Å². The van der Waals surface area contributed by atoms with Gasteiger partial charge in [-0.15, -0.1) is 0 Å². The maximum atomic E-state index is 13.8. The molecule has 1 atom stereocenters. The van der Waals surface area contributed by atoms with Crippen LogP contribution < -0.4 is 5.73 Å². The summed E-state index contributed by atoms with van der Waals surface area (Å²) in [4.78, 5) is 2.12. The molecule has 0 amide bonds. The van der Waals surface area contributed by atoms with Gasteiger partial charge in [0.25, 0.3) is 0 Å². The summed E-state index contributed by atoms with van der Waals surface area (Å²) in [6.45, 7) is 3.32. The molecule has 2 nitrogen and oxygen atoms in total. The Kier molecular flexibility index (Phi) is 5.95. The summed E-state index contributed by atoms with van der Waals surface area (Å²) in [5, 5.41) is 0. The minimum Gasteiger partial charge on any atom is -0.329 e. The first-order valence-corrected chi connectivity index (χ1v) is 7.14. The summed E-state index contributed by atoms with van der Waals surface area (Å²) in [5.74, 6) is 0.863. The molecule has 96 valence electrons. The Balaban J connectivity index is 2.88. The van der Waals surface area contributed by atoms with Crippen LogP contribution in [-0.4, -0.2) is 37.0 Å². The summed E-state index contributed by atoms with van der Waals surface area (Å²) in [6, 6.07) is 5.16. The molecule has 4 heteroatoms. The van der Waals surface area contributed by atoms with Gasteiger partial charge < -0.3 is 5.73 Å². The molecule has 0 radical (unpaired) electrons. The van der Waals surface area contributed by atoms with Crippen molar-refractivity contribution >= 4 is 11.8 Å². The van der Waals surface area contributed by atoms with Crippen LogP contribution in [0.15, 0.2) is 18.2 Å². The summed E-state index contributed by atoms with van der Waals surface area (Å²) in [6.07, 6.45) is 2.07. The van der Waals surface area contributed by atoms with Crippen molar-refractivity contribution in [1.82, 2.24) is 4.90 Å². The largest absolute Gasteiger partial charge is 0.329 e. The average Bonchev–Trinajstić information content (AvgIpc) is 2.32. The van der Waals surface area contributed by atoms with Gasteiger partial charge >= 0.3 is 0 Å². The Hall–Kier alpha value is -0.580. The Bertz CT molecular complexity index is 357. The van der Waals surface area contributed by atoms with E-state index in [1.54, 1.807) is 17.8 Å². The third kappa shape index (κ3) is 3.98. The minimum absolute atomic E-state index is 0.0398. The van der Waals surface area contributed by atoms with E-state index in [0.717, 1.165) is 17.9 Å². The second kappa shape index (κ2) is 6.99. The summed E-state index contributed by atoms with van der Waals surface area (Å²) in [7, 11) is 2.00. The van der Waals surface area contributed by atoms with E-state index in [-0.39, 0.29) is 11.9 Å². The summed E-state index contributed by atoms with van der Waals surface area (Å²) in [5.41, 5.74) is 7.55. The molecule has 1 rings (SSSR count). The molecule has 0 bridgehead atoms. The Labute approximate surface area is 107 Å². The molecule has 0 fully saturated rings.